The van der Waals surface area contributed by atoms with Crippen molar-refractivity contribution in [1.82, 2.24) is 30.2 Å². The van der Waals surface area contributed by atoms with Crippen molar-refractivity contribution in [1.29, 1.82) is 0 Å². The van der Waals surface area contributed by atoms with Crippen LogP contribution in [0.4, 0.5) is 77.9 Å². The number of nitro benzene ring substituents is 2. The van der Waals surface area contributed by atoms with Gasteiger partial charge < -0.3 is 60.5 Å². The van der Waals surface area contributed by atoms with Crippen molar-refractivity contribution < 1.29 is 98.2 Å². The standard InChI is InChI=1S/C28H34F2N4O4.C18H29N3O.C16H10F2N2O6.C9H7F2NO2.C7H4ClNO4/c1-18(2)26(35)32-22-6-3-5-20(15-22)19-9-13-33(14-10-19)12-4-11-31-27(36)34-25(17-38-28(34)37)21-7-8-23(29)24(30)16-21;1-14(2)18(22)20-17-6-3-5-16(13-17)15-7-11-21(12-8-15)10-4-9-19;17-12-6-1-9(7-13(12)18)14-8-25-15(21)19(14)16(22)26-11-4-2-10(3-5-11)20(23)24;10-6-2-1-5(3-7(6)11)8-4-14-9(13)12-8;8-7(10)13-6-3-1-5(2-4-6)9(11)12/h3,5-8,15-16,18-19,25H,4,9-14,17H2,1-2H3,(H,31,36)(H,32,35);3,5-6,13-15H,4,7-12,19H2,1-2H3,(H,20,22);1-7,14H,8H2;1-3,8H,4H2,(H,12,13);1-4H/t25-;;14-;8-;/m0.00./s1. The average Bonchev–Trinajstić information content (AvgIpc) is 1.68. The Morgan fingerprint density at radius 3 is 1.35 bits per heavy atom. The van der Waals surface area contributed by atoms with E-state index in [-0.39, 0.29) is 71.9 Å². The van der Waals surface area contributed by atoms with Crippen LogP contribution < -0.4 is 36.5 Å². The predicted octanol–water partition coefficient (Wildman–Crippen LogP) is 15.5. The molecule has 28 nitrogen and oxygen atoms in total. The first kappa shape index (κ1) is 86.8. The highest BCUT2D eigenvalue weighted by Gasteiger charge is 2.42. The lowest BCUT2D eigenvalue weighted by Gasteiger charge is -2.32. The topological polar surface area (TPSA) is 356 Å². The van der Waals surface area contributed by atoms with Gasteiger partial charge in [0.25, 0.3) is 11.4 Å². The third-order valence-corrected chi connectivity index (χ3v) is 18.5. The molecule has 602 valence electrons. The molecule has 5 aliphatic heterocycles. The number of halogens is 7. The largest absolute Gasteiger partial charge is 0.447 e. The number of nitrogens with zero attached hydrogens (tertiary/aromatic N) is 6. The normalized spacial score (nSPS) is 16.9. The number of piperidine rings is 2. The number of non-ortho nitro benzene ring substituents is 2. The SMILES string of the molecule is CC(C)C(=O)Nc1cccc(C2CCN(CCCN)CC2)c1.CC(C)C(=O)Nc1cccc(C2CCN(CCCNC(=O)N3C(=O)OC[C@H]3c3ccc(F)c(F)c3)CC2)c1.O=C(Cl)Oc1ccc([N+](=O)[O-])cc1.O=C1N[C@H](c2ccc(F)c(F)c2)CO1.O=C1OC[C@@H](c2ccc(F)c(F)c2)N1C(=O)Oc1ccc([N+](=O)[O-])cc1. The molecule has 7 aromatic carbocycles. The van der Waals surface area contributed by atoms with Crippen LogP contribution in [0.25, 0.3) is 0 Å². The zero-order valence-electron chi connectivity index (χ0n) is 61.8. The van der Waals surface area contributed by atoms with Crippen molar-refractivity contribution in [2.75, 3.05) is 82.8 Å². The van der Waals surface area contributed by atoms with E-state index in [9.17, 15) is 84.9 Å². The summed E-state index contributed by atoms with van der Waals surface area (Å²) in [6, 6.07) is 32.9. The number of rotatable bonds is 20. The fraction of sp³-hybridized carbons (Fsp3) is 0.359. The summed E-state index contributed by atoms with van der Waals surface area (Å²) < 4.78 is 103. The number of cyclic esters (lactones) is 3. The van der Waals surface area contributed by atoms with E-state index >= 15 is 0 Å². The number of anilines is 2. The van der Waals surface area contributed by atoms with Crippen molar-refractivity contribution in [3.63, 3.8) is 0 Å². The molecule has 6 N–H and O–H groups in total. The van der Waals surface area contributed by atoms with Crippen molar-refractivity contribution in [2.24, 2.45) is 17.6 Å². The van der Waals surface area contributed by atoms with Gasteiger partial charge in [-0.3, -0.25) is 29.8 Å². The van der Waals surface area contributed by atoms with Gasteiger partial charge in [-0.25, -0.2) is 64.9 Å². The van der Waals surface area contributed by atoms with Crippen LogP contribution in [0.5, 0.6) is 11.5 Å². The van der Waals surface area contributed by atoms with E-state index in [0.717, 1.165) is 130 Å². The van der Waals surface area contributed by atoms with E-state index in [1.54, 1.807) is 0 Å². The van der Waals surface area contributed by atoms with Crippen LogP contribution >= 0.6 is 11.6 Å². The third-order valence-electron chi connectivity index (χ3n) is 18.4. The molecule has 0 aliphatic carbocycles. The van der Waals surface area contributed by atoms with Crippen molar-refractivity contribution in [2.45, 2.75) is 96.2 Å². The minimum Gasteiger partial charge on any atom is -0.447 e. The number of imide groups is 2. The molecule has 5 saturated heterocycles. The maximum atomic E-state index is 13.7. The smallest absolute Gasteiger partial charge is 0.425 e. The molecule has 3 atom stereocenters. The molecular weight excluding hydrogens is 1510 g/mol. The van der Waals surface area contributed by atoms with Gasteiger partial charge in [0.05, 0.1) is 15.9 Å². The number of nitrogens with two attached hydrogens (primary N) is 1. The molecule has 7 aromatic rings. The Bertz CT molecular complexity index is 4500. The molecule has 12 rings (SSSR count). The number of benzene rings is 7. The lowest BCUT2D eigenvalue weighted by molar-refractivity contribution is -0.385. The van der Waals surface area contributed by atoms with Crippen LogP contribution in [0.3, 0.4) is 0 Å². The second-order valence-electron chi connectivity index (χ2n) is 26.9. The van der Waals surface area contributed by atoms with Crippen LogP contribution in [-0.2, 0) is 23.8 Å². The van der Waals surface area contributed by atoms with Gasteiger partial charge in [-0.2, -0.15) is 0 Å². The third kappa shape index (κ3) is 25.9. The molecule has 0 unspecified atom stereocenters. The minimum absolute atomic E-state index is 0.00515. The second-order valence-corrected chi connectivity index (χ2v) is 27.3. The van der Waals surface area contributed by atoms with Gasteiger partial charge in [0.15, 0.2) is 34.9 Å². The highest BCUT2D eigenvalue weighted by atomic mass is 35.5. The molecule has 0 bridgehead atoms. The zero-order valence-corrected chi connectivity index (χ0v) is 62.6. The molecule has 0 radical (unpaired) electrons. The van der Waals surface area contributed by atoms with E-state index in [1.807, 2.05) is 52.0 Å². The fourth-order valence-electron chi connectivity index (χ4n) is 12.2. The molecule has 8 amide bonds. The van der Waals surface area contributed by atoms with Crippen LogP contribution in [0.15, 0.2) is 152 Å². The molecule has 35 heteroatoms. The Labute approximate surface area is 650 Å². The lowest BCUT2D eigenvalue weighted by atomic mass is 9.89. The fourth-order valence-corrected chi connectivity index (χ4v) is 12.3. The summed E-state index contributed by atoms with van der Waals surface area (Å²) in [5, 5.41) is 32.0. The highest BCUT2D eigenvalue weighted by Crippen LogP contribution is 2.35. The van der Waals surface area contributed by atoms with Crippen molar-refractivity contribution in [3.8, 4) is 11.5 Å². The molecule has 0 saturated carbocycles. The van der Waals surface area contributed by atoms with Gasteiger partial charge >= 0.3 is 35.8 Å². The number of carbonyl (C=O) groups excluding carboxylic acids is 8. The van der Waals surface area contributed by atoms with E-state index in [4.69, 9.17) is 31.5 Å². The van der Waals surface area contributed by atoms with Gasteiger partial charge in [-0.15, -0.1) is 0 Å². The molecule has 0 aromatic heterocycles. The molecule has 5 fully saturated rings. The first-order chi connectivity index (χ1) is 53.9. The Balaban J connectivity index is 0.000000187. The quantitative estimate of drug-likeness (QED) is 0.0118. The van der Waals surface area contributed by atoms with Gasteiger partial charge in [0.2, 0.25) is 11.8 Å². The van der Waals surface area contributed by atoms with Crippen LogP contribution in [0, 0.1) is 67.0 Å². The van der Waals surface area contributed by atoms with E-state index < -0.39 is 98.7 Å². The molecule has 5 heterocycles. The summed E-state index contributed by atoms with van der Waals surface area (Å²) >= 11 is 4.92. The summed E-state index contributed by atoms with van der Waals surface area (Å²) in [6.07, 6.45) is 2.69. The van der Waals surface area contributed by atoms with Gasteiger partial charge in [-0.1, -0.05) is 70.2 Å². The summed E-state index contributed by atoms with van der Waals surface area (Å²) in [6.45, 7) is 14.6. The predicted molar refractivity (Wildman–Crippen MR) is 401 cm³/mol. The highest BCUT2D eigenvalue weighted by molar-refractivity contribution is 6.61. The number of likely N-dealkylation sites (tertiary alicyclic amines) is 2. The van der Waals surface area contributed by atoms with Crippen molar-refractivity contribution in [3.05, 3.63) is 235 Å². The molecule has 5 aliphatic rings. The second kappa shape index (κ2) is 42.0. The van der Waals surface area contributed by atoms with Gasteiger partial charge in [0.1, 0.15) is 43.4 Å². The number of urea groups is 1. The molecular formula is C78H84ClF6N11O17. The zero-order chi connectivity index (χ0) is 82.0. The average molecular weight is 1600 g/mol. The minimum atomic E-state index is -1.13. The summed E-state index contributed by atoms with van der Waals surface area (Å²) in [4.78, 5) is 120. The number of alkyl carbamates (subject to hydrolysis) is 1. The summed E-state index contributed by atoms with van der Waals surface area (Å²) in [5.41, 5.74) is 9.58. The van der Waals surface area contributed by atoms with Crippen LogP contribution in [0.1, 0.15) is 124 Å². The number of hydrogen-bond acceptors (Lipinski definition) is 20. The maximum Gasteiger partial charge on any atom is 0.425 e. The van der Waals surface area contributed by atoms with E-state index in [0.29, 0.717) is 40.8 Å². The number of ether oxygens (including phenoxy) is 5. The number of nitrogens with one attached hydrogen (secondary N) is 4. The lowest BCUT2D eigenvalue weighted by Crippen LogP contribution is -2.43. The number of amides is 8. The van der Waals surface area contributed by atoms with Gasteiger partial charge in [0, 0.05) is 65.6 Å². The summed E-state index contributed by atoms with van der Waals surface area (Å²) in [7, 11) is 0. The van der Waals surface area contributed by atoms with Crippen LogP contribution in [0.2, 0.25) is 0 Å². The number of hydrogen-bond donors (Lipinski definition) is 5. The summed E-state index contributed by atoms with van der Waals surface area (Å²) in [5.74, 6) is -4.90. The Kier molecular flexibility index (Phi) is 32.3. The van der Waals surface area contributed by atoms with Crippen LogP contribution in [-0.4, -0.2) is 149 Å². The maximum absolute atomic E-state index is 13.7. The van der Waals surface area contributed by atoms with Crippen molar-refractivity contribution >= 4 is 82.0 Å². The Hall–Kier alpha value is -11.8. The Morgan fingerprint density at radius 1 is 0.531 bits per heavy atom. The molecule has 113 heavy (non-hydrogen) atoms. The Morgan fingerprint density at radius 2 is 0.947 bits per heavy atom. The molecule has 0 spiro atoms. The number of carbonyl (C=O) groups is 8. The first-order valence-corrected chi connectivity index (χ1v) is 36.4. The van der Waals surface area contributed by atoms with Gasteiger partial charge in [-0.05, 0) is 209 Å². The first-order valence-electron chi connectivity index (χ1n) is 36.0. The number of nitro groups is 2. The monoisotopic (exact) mass is 1600 g/mol. The van der Waals surface area contributed by atoms with E-state index in [1.165, 1.54) is 78.6 Å². The van der Waals surface area contributed by atoms with E-state index in [2.05, 4.69) is 64.8 Å².